The standard InChI is InChI=1S/C17H19BrN2O3/c1-3-23-16(21)14-10(2)20(13-8-9-13)17(22)19-15(14)11-4-6-12(18)7-5-11/h4-7,13,15H,3,8-9H2,1-2H3,(H,19,22)/t15-/m0/s1. The first-order valence-electron chi connectivity index (χ1n) is 7.76. The van der Waals surface area contributed by atoms with Gasteiger partial charge in [-0.1, -0.05) is 28.1 Å². The van der Waals surface area contributed by atoms with Gasteiger partial charge in [0.15, 0.2) is 0 Å². The molecule has 1 aromatic carbocycles. The summed E-state index contributed by atoms with van der Waals surface area (Å²) in [5.41, 5.74) is 2.07. The van der Waals surface area contributed by atoms with E-state index in [-0.39, 0.29) is 18.0 Å². The number of nitrogens with one attached hydrogen (secondary N) is 1. The smallest absolute Gasteiger partial charge is 0.338 e. The molecular formula is C17H19BrN2O3. The summed E-state index contributed by atoms with van der Waals surface area (Å²) in [5.74, 6) is -0.372. The molecule has 6 heteroatoms. The molecule has 0 unspecified atom stereocenters. The molecule has 1 aromatic rings. The van der Waals surface area contributed by atoms with Gasteiger partial charge in [-0.2, -0.15) is 0 Å². The molecule has 0 radical (unpaired) electrons. The third-order valence-corrected chi connectivity index (χ3v) is 4.67. The molecule has 1 aliphatic heterocycles. The van der Waals surface area contributed by atoms with Crippen LogP contribution in [0.4, 0.5) is 4.79 Å². The van der Waals surface area contributed by atoms with Gasteiger partial charge >= 0.3 is 12.0 Å². The molecule has 3 rings (SSSR count). The fourth-order valence-corrected chi connectivity index (χ4v) is 3.17. The fourth-order valence-electron chi connectivity index (χ4n) is 2.91. The lowest BCUT2D eigenvalue weighted by Crippen LogP contribution is -2.48. The highest BCUT2D eigenvalue weighted by atomic mass is 79.9. The number of ether oxygens (including phenoxy) is 1. The minimum atomic E-state index is -0.482. The van der Waals surface area contributed by atoms with Crippen LogP contribution in [-0.2, 0) is 9.53 Å². The van der Waals surface area contributed by atoms with E-state index in [1.807, 2.05) is 31.2 Å². The topological polar surface area (TPSA) is 58.6 Å². The largest absolute Gasteiger partial charge is 0.463 e. The number of esters is 1. The van der Waals surface area contributed by atoms with E-state index >= 15 is 0 Å². The summed E-state index contributed by atoms with van der Waals surface area (Å²) in [5, 5.41) is 2.96. The molecule has 1 fully saturated rings. The maximum atomic E-state index is 12.5. The highest BCUT2D eigenvalue weighted by Crippen LogP contribution is 2.38. The van der Waals surface area contributed by atoms with Crippen LogP contribution in [0.25, 0.3) is 0 Å². The summed E-state index contributed by atoms with van der Waals surface area (Å²) in [7, 11) is 0. The zero-order valence-corrected chi connectivity index (χ0v) is 14.7. The number of allylic oxidation sites excluding steroid dienone is 1. The van der Waals surface area contributed by atoms with Crippen molar-refractivity contribution in [2.45, 2.75) is 38.8 Å². The second kappa shape index (κ2) is 6.35. The molecule has 1 atom stereocenters. The second-order valence-electron chi connectivity index (χ2n) is 5.75. The highest BCUT2D eigenvalue weighted by Gasteiger charge is 2.42. The summed E-state index contributed by atoms with van der Waals surface area (Å²) >= 11 is 3.40. The number of amides is 2. The lowest BCUT2D eigenvalue weighted by molar-refractivity contribution is -0.139. The highest BCUT2D eigenvalue weighted by molar-refractivity contribution is 9.10. The van der Waals surface area contributed by atoms with Crippen molar-refractivity contribution in [3.8, 4) is 0 Å². The van der Waals surface area contributed by atoms with Crippen molar-refractivity contribution in [3.05, 3.63) is 45.6 Å². The van der Waals surface area contributed by atoms with Crippen molar-refractivity contribution in [1.29, 1.82) is 0 Å². The van der Waals surface area contributed by atoms with Crippen molar-refractivity contribution in [2.24, 2.45) is 0 Å². The zero-order chi connectivity index (χ0) is 16.6. The van der Waals surface area contributed by atoms with Gasteiger partial charge in [-0.05, 0) is 44.4 Å². The Kier molecular flexibility index (Phi) is 4.43. The lowest BCUT2D eigenvalue weighted by Gasteiger charge is -2.35. The summed E-state index contributed by atoms with van der Waals surface area (Å²) in [6.45, 7) is 3.91. The van der Waals surface area contributed by atoms with Crippen LogP contribution in [0, 0.1) is 0 Å². The number of carbonyl (C=O) groups excluding carboxylic acids is 2. The predicted octanol–water partition coefficient (Wildman–Crippen LogP) is 3.51. The number of rotatable bonds is 4. The average molecular weight is 379 g/mol. The normalized spacial score (nSPS) is 21.3. The van der Waals surface area contributed by atoms with E-state index in [4.69, 9.17) is 4.74 Å². The molecule has 23 heavy (non-hydrogen) atoms. The van der Waals surface area contributed by atoms with E-state index in [1.54, 1.807) is 11.8 Å². The van der Waals surface area contributed by atoms with E-state index in [9.17, 15) is 9.59 Å². The maximum Gasteiger partial charge on any atom is 0.338 e. The SMILES string of the molecule is CCOC(=O)C1=C(C)N(C2CC2)C(=O)N[C@H]1c1ccc(Br)cc1. The molecule has 1 saturated carbocycles. The summed E-state index contributed by atoms with van der Waals surface area (Å²) in [6, 6.07) is 7.16. The molecule has 122 valence electrons. The Morgan fingerprint density at radius 2 is 2.00 bits per heavy atom. The van der Waals surface area contributed by atoms with Crippen LogP contribution >= 0.6 is 15.9 Å². The van der Waals surface area contributed by atoms with Gasteiger partial charge in [-0.3, -0.25) is 4.90 Å². The molecular weight excluding hydrogens is 360 g/mol. The Morgan fingerprint density at radius 1 is 1.35 bits per heavy atom. The van der Waals surface area contributed by atoms with Gasteiger partial charge < -0.3 is 10.1 Å². The average Bonchev–Trinajstić information content (AvgIpc) is 3.32. The second-order valence-corrected chi connectivity index (χ2v) is 6.67. The number of hydrogen-bond acceptors (Lipinski definition) is 3. The maximum absolute atomic E-state index is 12.5. The fraction of sp³-hybridized carbons (Fsp3) is 0.412. The van der Waals surface area contributed by atoms with Crippen molar-refractivity contribution in [3.63, 3.8) is 0 Å². The van der Waals surface area contributed by atoms with Crippen LogP contribution in [0.15, 0.2) is 40.0 Å². The lowest BCUT2D eigenvalue weighted by atomic mass is 9.95. The van der Waals surface area contributed by atoms with Gasteiger partial charge in [0.05, 0.1) is 18.2 Å². The van der Waals surface area contributed by atoms with Crippen molar-refractivity contribution in [2.75, 3.05) is 6.61 Å². The number of carbonyl (C=O) groups is 2. The van der Waals surface area contributed by atoms with Crippen LogP contribution in [0.3, 0.4) is 0 Å². The Balaban J connectivity index is 2.04. The van der Waals surface area contributed by atoms with Crippen LogP contribution in [0.2, 0.25) is 0 Å². The predicted molar refractivity (Wildman–Crippen MR) is 89.6 cm³/mol. The Morgan fingerprint density at radius 3 is 2.57 bits per heavy atom. The first-order chi connectivity index (χ1) is 11.0. The van der Waals surface area contributed by atoms with Gasteiger partial charge in [0.1, 0.15) is 0 Å². The van der Waals surface area contributed by atoms with Crippen LogP contribution in [0.1, 0.15) is 38.3 Å². The molecule has 0 spiro atoms. The number of nitrogens with zero attached hydrogens (tertiary/aromatic N) is 1. The number of benzene rings is 1. The monoisotopic (exact) mass is 378 g/mol. The summed E-state index contributed by atoms with van der Waals surface area (Å²) < 4.78 is 6.17. The molecule has 1 aliphatic carbocycles. The Labute approximate surface area is 143 Å². The molecule has 1 N–H and O–H groups in total. The summed E-state index contributed by atoms with van der Waals surface area (Å²) in [4.78, 5) is 26.7. The Hall–Kier alpha value is -1.82. The van der Waals surface area contributed by atoms with E-state index in [1.165, 1.54) is 0 Å². The molecule has 1 heterocycles. The van der Waals surface area contributed by atoms with Gasteiger partial charge in [-0.25, -0.2) is 9.59 Å². The molecule has 0 bridgehead atoms. The minimum absolute atomic E-state index is 0.147. The van der Waals surface area contributed by atoms with Gasteiger partial charge in [0.2, 0.25) is 0 Å². The first-order valence-corrected chi connectivity index (χ1v) is 8.55. The van der Waals surface area contributed by atoms with Crippen molar-refractivity contribution in [1.82, 2.24) is 10.2 Å². The third-order valence-electron chi connectivity index (χ3n) is 4.14. The number of hydrogen-bond donors (Lipinski definition) is 1. The van der Waals surface area contributed by atoms with Crippen LogP contribution < -0.4 is 5.32 Å². The van der Waals surface area contributed by atoms with Crippen molar-refractivity contribution < 1.29 is 14.3 Å². The van der Waals surface area contributed by atoms with E-state index in [2.05, 4.69) is 21.2 Å². The van der Waals surface area contributed by atoms with E-state index in [0.717, 1.165) is 22.9 Å². The molecule has 5 nitrogen and oxygen atoms in total. The first kappa shape index (κ1) is 16.1. The van der Waals surface area contributed by atoms with Gasteiger partial charge in [-0.15, -0.1) is 0 Å². The quantitative estimate of drug-likeness (QED) is 0.815. The number of halogens is 1. The third kappa shape index (κ3) is 3.13. The van der Waals surface area contributed by atoms with E-state index in [0.29, 0.717) is 17.9 Å². The van der Waals surface area contributed by atoms with Gasteiger partial charge in [0.25, 0.3) is 0 Å². The molecule has 2 amide bonds. The minimum Gasteiger partial charge on any atom is -0.463 e. The van der Waals surface area contributed by atoms with Crippen LogP contribution in [-0.4, -0.2) is 29.5 Å². The zero-order valence-electron chi connectivity index (χ0n) is 13.1. The summed E-state index contributed by atoms with van der Waals surface area (Å²) in [6.07, 6.45) is 1.95. The molecule has 0 saturated heterocycles. The van der Waals surface area contributed by atoms with Crippen molar-refractivity contribution >= 4 is 27.9 Å². The molecule has 0 aromatic heterocycles. The Bertz CT molecular complexity index is 665. The van der Waals surface area contributed by atoms with Crippen LogP contribution in [0.5, 0.6) is 0 Å². The van der Waals surface area contributed by atoms with Gasteiger partial charge in [0, 0.05) is 16.2 Å². The van der Waals surface area contributed by atoms with E-state index < -0.39 is 6.04 Å². The molecule has 2 aliphatic rings. The number of urea groups is 1.